The normalized spacial score (nSPS) is 12.5. The maximum atomic E-state index is 2.67. The summed E-state index contributed by atoms with van der Waals surface area (Å²) in [5.41, 5.74) is 31.7. The summed E-state index contributed by atoms with van der Waals surface area (Å²) in [4.78, 5) is 5.34. The van der Waals surface area contributed by atoms with Crippen LogP contribution in [0.5, 0.6) is 0 Å². The van der Waals surface area contributed by atoms with Gasteiger partial charge in [-0.05, 0) is 133 Å². The molecule has 2 aliphatic rings. The summed E-state index contributed by atoms with van der Waals surface area (Å²) in [6, 6.07) is 111. The summed E-state index contributed by atoms with van der Waals surface area (Å²) >= 11 is 0. The van der Waals surface area contributed by atoms with Crippen molar-refractivity contribution in [2.75, 3.05) is 9.80 Å². The first-order chi connectivity index (χ1) is 43.2. The van der Waals surface area contributed by atoms with Crippen molar-refractivity contribution in [1.29, 1.82) is 0 Å². The number of fused-ring (bicyclic) bond motifs is 7. The molecule has 0 N–H and O–H groups in total. The van der Waals surface area contributed by atoms with E-state index in [1.54, 1.807) is 0 Å². The SMILES string of the molecule is Cc1ccc(C)c2c1c1cc(C(C)(C)C)ccc1n2-c1cc2c3c(c1)N(c1c(-c4ccccc4)cccc1-c1ccccc1)c1ccc(-c4ccccc4)cc1B3c1cc(-c3ccccc3)ccc1N2c1c(-c2ccccc2)cccc1-c1ccccc1. The number of para-hydroxylation sites is 2. The molecule has 0 aliphatic carbocycles. The molecule has 0 bridgehead atoms. The smallest absolute Gasteiger partial charge is 0.252 e. The van der Waals surface area contributed by atoms with Crippen LogP contribution in [0, 0.1) is 13.8 Å². The molecule has 0 fully saturated rings. The van der Waals surface area contributed by atoms with E-state index in [1.807, 2.05) is 0 Å². The van der Waals surface area contributed by atoms with Crippen molar-refractivity contribution in [2.24, 2.45) is 0 Å². The zero-order valence-electron chi connectivity index (χ0n) is 50.2. The van der Waals surface area contributed by atoms with Crippen molar-refractivity contribution in [1.82, 2.24) is 4.57 Å². The first-order valence-electron chi connectivity index (χ1n) is 30.9. The van der Waals surface area contributed by atoms with E-state index in [1.165, 1.54) is 77.1 Å². The Morgan fingerprint density at radius 1 is 0.318 bits per heavy atom. The van der Waals surface area contributed by atoms with E-state index in [-0.39, 0.29) is 12.1 Å². The van der Waals surface area contributed by atoms with Crippen LogP contribution in [-0.4, -0.2) is 11.3 Å². The first kappa shape index (κ1) is 52.8. The molecule has 0 radical (unpaired) electrons. The van der Waals surface area contributed by atoms with E-state index in [2.05, 4.69) is 346 Å². The molecule has 13 aromatic carbocycles. The van der Waals surface area contributed by atoms with E-state index in [4.69, 9.17) is 0 Å². The standard InChI is InChI=1S/C84H64BN3/c1-55-42-43-56(2)81-79(55)71-52-65(84(3,4)5)46-49-74(71)86(81)66-53-77-80-78(54-66)88(83-69(61-34-20-10-21-35-61)40-25-41-70(83)62-36-22-11-23-37-62)76-48-45-64(58-28-14-7-15-29-58)51-73(76)85(80)72-50-63(57-26-12-6-13-27-57)44-47-75(72)87(77)82-67(59-30-16-8-17-31-59)38-24-39-68(82)60-32-18-9-19-33-60/h6-54H,1-5H3. The molecule has 16 rings (SSSR count). The van der Waals surface area contributed by atoms with Crippen molar-refractivity contribution in [3.8, 4) is 72.4 Å². The molecule has 2 aliphatic heterocycles. The third-order valence-corrected chi connectivity index (χ3v) is 18.6. The van der Waals surface area contributed by atoms with Gasteiger partial charge in [-0.15, -0.1) is 0 Å². The minimum atomic E-state index is -0.214. The van der Waals surface area contributed by atoms with Gasteiger partial charge in [-0.2, -0.15) is 0 Å². The lowest BCUT2D eigenvalue weighted by atomic mass is 9.33. The lowest BCUT2D eigenvalue weighted by molar-refractivity contribution is 0.591. The second kappa shape index (κ2) is 21.1. The van der Waals surface area contributed by atoms with Gasteiger partial charge in [0, 0.05) is 55.8 Å². The Morgan fingerprint density at radius 3 is 1.10 bits per heavy atom. The molecule has 3 nitrogen and oxygen atoms in total. The number of hydrogen-bond acceptors (Lipinski definition) is 2. The molecule has 0 atom stereocenters. The molecule has 0 unspecified atom stereocenters. The lowest BCUT2D eigenvalue weighted by Crippen LogP contribution is -2.61. The van der Waals surface area contributed by atoms with E-state index in [0.717, 1.165) is 84.3 Å². The van der Waals surface area contributed by atoms with Gasteiger partial charge in [0.25, 0.3) is 6.71 Å². The third kappa shape index (κ3) is 8.65. The fourth-order valence-electron chi connectivity index (χ4n) is 14.4. The van der Waals surface area contributed by atoms with Crippen LogP contribution in [0.1, 0.15) is 37.5 Å². The van der Waals surface area contributed by atoms with Crippen LogP contribution in [0.3, 0.4) is 0 Å². The van der Waals surface area contributed by atoms with Gasteiger partial charge < -0.3 is 14.4 Å². The summed E-state index contributed by atoms with van der Waals surface area (Å²) in [6.45, 7) is 11.4. The molecule has 0 saturated carbocycles. The van der Waals surface area contributed by atoms with Crippen LogP contribution in [0.2, 0.25) is 0 Å². The molecular weight excluding hydrogens is 1060 g/mol. The van der Waals surface area contributed by atoms with E-state index < -0.39 is 0 Å². The quantitative estimate of drug-likeness (QED) is 0.133. The van der Waals surface area contributed by atoms with Gasteiger partial charge in [-0.25, -0.2) is 0 Å². The summed E-state index contributed by atoms with van der Waals surface area (Å²) < 4.78 is 2.60. The summed E-state index contributed by atoms with van der Waals surface area (Å²) in [7, 11) is 0. The number of benzene rings is 13. The van der Waals surface area contributed by atoms with Crippen LogP contribution in [0.25, 0.3) is 94.3 Å². The maximum Gasteiger partial charge on any atom is 0.252 e. The molecule has 1 aromatic heterocycles. The highest BCUT2D eigenvalue weighted by Crippen LogP contribution is 2.54. The second-order valence-corrected chi connectivity index (χ2v) is 24.9. The van der Waals surface area contributed by atoms with Crippen molar-refractivity contribution < 1.29 is 0 Å². The molecule has 4 heteroatoms. The number of aromatic nitrogens is 1. The molecule has 14 aromatic rings. The van der Waals surface area contributed by atoms with Crippen molar-refractivity contribution in [3.05, 3.63) is 314 Å². The maximum absolute atomic E-state index is 2.67. The van der Waals surface area contributed by atoms with Gasteiger partial charge in [-0.3, -0.25) is 0 Å². The summed E-state index contributed by atoms with van der Waals surface area (Å²) in [5, 5.41) is 2.55. The number of rotatable bonds is 9. The fourth-order valence-corrected chi connectivity index (χ4v) is 14.4. The van der Waals surface area contributed by atoms with Crippen LogP contribution >= 0.6 is 0 Å². The Balaban J connectivity index is 1.13. The Hall–Kier alpha value is -10.7. The van der Waals surface area contributed by atoms with Crippen LogP contribution in [0.15, 0.2) is 297 Å². The number of aryl methyl sites for hydroxylation is 2. The van der Waals surface area contributed by atoms with Crippen molar-refractivity contribution in [3.63, 3.8) is 0 Å². The van der Waals surface area contributed by atoms with Gasteiger partial charge in [0.15, 0.2) is 0 Å². The Morgan fingerprint density at radius 2 is 0.705 bits per heavy atom. The van der Waals surface area contributed by atoms with Gasteiger partial charge in [0.05, 0.1) is 28.1 Å². The highest BCUT2D eigenvalue weighted by molar-refractivity contribution is 7.00. The summed E-state index contributed by atoms with van der Waals surface area (Å²) in [5.74, 6) is 0. The average molecular weight is 1130 g/mol. The molecule has 88 heavy (non-hydrogen) atoms. The first-order valence-corrected chi connectivity index (χ1v) is 30.9. The topological polar surface area (TPSA) is 11.4 Å². The van der Waals surface area contributed by atoms with Crippen molar-refractivity contribution in [2.45, 2.75) is 40.0 Å². The largest absolute Gasteiger partial charge is 0.310 e. The number of hydrogen-bond donors (Lipinski definition) is 0. The van der Waals surface area contributed by atoms with E-state index in [9.17, 15) is 0 Å². The van der Waals surface area contributed by atoms with Gasteiger partial charge in [0.2, 0.25) is 0 Å². The molecule has 0 amide bonds. The van der Waals surface area contributed by atoms with Gasteiger partial charge >= 0.3 is 0 Å². The van der Waals surface area contributed by atoms with E-state index in [0.29, 0.717) is 0 Å². The highest BCUT2D eigenvalue weighted by atomic mass is 15.2. The third-order valence-electron chi connectivity index (χ3n) is 18.6. The zero-order chi connectivity index (χ0) is 59.2. The lowest BCUT2D eigenvalue weighted by Gasteiger charge is -2.46. The summed E-state index contributed by atoms with van der Waals surface area (Å²) in [6.07, 6.45) is 0. The number of anilines is 6. The monoisotopic (exact) mass is 1130 g/mol. The van der Waals surface area contributed by atoms with Gasteiger partial charge in [-0.1, -0.05) is 282 Å². The minimum Gasteiger partial charge on any atom is -0.310 e. The van der Waals surface area contributed by atoms with Crippen LogP contribution < -0.4 is 26.2 Å². The van der Waals surface area contributed by atoms with E-state index >= 15 is 0 Å². The Labute approximate surface area is 516 Å². The average Bonchev–Trinajstić information content (AvgIpc) is 0.837. The minimum absolute atomic E-state index is 0.0565. The highest BCUT2D eigenvalue weighted by Gasteiger charge is 2.46. The molecule has 418 valence electrons. The molecule has 0 saturated heterocycles. The fraction of sp³-hybridized carbons (Fsp3) is 0.0714. The van der Waals surface area contributed by atoms with Gasteiger partial charge in [0.1, 0.15) is 0 Å². The Kier molecular flexibility index (Phi) is 12.7. The molecular formula is C84H64BN3. The zero-order valence-corrected chi connectivity index (χ0v) is 50.2. The second-order valence-electron chi connectivity index (χ2n) is 24.9. The predicted octanol–water partition coefficient (Wildman–Crippen LogP) is 20.8. The van der Waals surface area contributed by atoms with Crippen LogP contribution in [0.4, 0.5) is 34.1 Å². The Bertz CT molecular complexity index is 4650. The molecule has 3 heterocycles. The molecule has 0 spiro atoms. The van der Waals surface area contributed by atoms with Crippen LogP contribution in [-0.2, 0) is 5.41 Å². The number of nitrogens with zero attached hydrogens (tertiary/aromatic N) is 3. The van der Waals surface area contributed by atoms with Crippen molar-refractivity contribution >= 4 is 79.0 Å². The predicted molar refractivity (Wildman–Crippen MR) is 376 cm³/mol.